The van der Waals surface area contributed by atoms with Crippen LogP contribution in [0.15, 0.2) is 35.6 Å². The Morgan fingerprint density at radius 1 is 1.21 bits per heavy atom. The van der Waals surface area contributed by atoms with E-state index in [2.05, 4.69) is 25.0 Å². The minimum atomic E-state index is -4.56. The third-order valence-electron chi connectivity index (χ3n) is 5.05. The number of nitrogens with one attached hydrogen (secondary N) is 1. The lowest BCUT2D eigenvalue weighted by Gasteiger charge is -2.38. The van der Waals surface area contributed by atoms with E-state index in [0.717, 1.165) is 18.5 Å². The lowest BCUT2D eigenvalue weighted by Crippen LogP contribution is -2.55. The fraction of sp³-hybridized carbons (Fsp3) is 0.368. The van der Waals surface area contributed by atoms with Gasteiger partial charge >= 0.3 is 6.18 Å². The number of nitrogens with zero attached hydrogens (tertiary/aromatic N) is 3. The Bertz CT molecular complexity index is 1100. The minimum absolute atomic E-state index is 0.0690. The van der Waals surface area contributed by atoms with Gasteiger partial charge in [0.2, 0.25) is 5.88 Å². The van der Waals surface area contributed by atoms with Gasteiger partial charge in [-0.05, 0) is 18.2 Å². The number of amidine groups is 1. The maximum absolute atomic E-state index is 15.5. The number of fused-ring (bicyclic) bond motifs is 1. The molecule has 0 aliphatic carbocycles. The quantitative estimate of drug-likeness (QED) is 0.638. The van der Waals surface area contributed by atoms with Crippen LogP contribution in [0.4, 0.5) is 27.6 Å². The molecular weight excluding hydrogens is 457 g/mol. The summed E-state index contributed by atoms with van der Waals surface area (Å²) in [6.45, 7) is -2.74. The van der Waals surface area contributed by atoms with Crippen LogP contribution >= 0.6 is 0 Å². The van der Waals surface area contributed by atoms with Gasteiger partial charge in [-0.1, -0.05) is 0 Å². The molecule has 2 atom stereocenters. The normalized spacial score (nSPS) is 24.5. The summed E-state index contributed by atoms with van der Waals surface area (Å²) >= 11 is 0. The van der Waals surface area contributed by atoms with Gasteiger partial charge in [0.1, 0.15) is 18.1 Å². The van der Waals surface area contributed by atoms with Crippen molar-refractivity contribution < 1.29 is 41.0 Å². The molecule has 0 bridgehead atoms. The lowest BCUT2D eigenvalue weighted by molar-refractivity contribution is -0.154. The van der Waals surface area contributed by atoms with Crippen molar-refractivity contribution in [3.8, 4) is 5.88 Å². The molecule has 0 unspecified atom stereocenters. The highest BCUT2D eigenvalue weighted by atomic mass is 19.4. The highest BCUT2D eigenvalue weighted by molar-refractivity contribution is 6.02. The van der Waals surface area contributed by atoms with E-state index in [1.165, 1.54) is 12.1 Å². The maximum Gasteiger partial charge on any atom is 0.422 e. The molecule has 1 saturated heterocycles. The van der Waals surface area contributed by atoms with Gasteiger partial charge in [0.15, 0.2) is 17.8 Å². The number of hydrogen-bond acceptors (Lipinski definition) is 8. The first kappa shape index (κ1) is 22.6. The monoisotopic (exact) mass is 473 g/mol. The van der Waals surface area contributed by atoms with Gasteiger partial charge in [0.25, 0.3) is 11.9 Å². The van der Waals surface area contributed by atoms with Crippen molar-refractivity contribution in [1.29, 1.82) is 0 Å². The number of benzene rings is 1. The summed E-state index contributed by atoms with van der Waals surface area (Å²) in [5.74, 6) is -2.03. The number of rotatable bonds is 5. The van der Waals surface area contributed by atoms with Gasteiger partial charge < -0.3 is 25.3 Å². The Hall–Kier alpha value is -3.55. The average molecular weight is 473 g/mol. The highest BCUT2D eigenvalue weighted by Gasteiger charge is 2.62. The second kappa shape index (κ2) is 8.10. The van der Waals surface area contributed by atoms with Gasteiger partial charge in [-0.25, -0.2) is 23.7 Å². The van der Waals surface area contributed by atoms with E-state index >= 15 is 4.39 Å². The molecule has 1 aromatic carbocycles. The number of amides is 1. The van der Waals surface area contributed by atoms with E-state index in [-0.39, 0.29) is 29.6 Å². The Kier molecular flexibility index (Phi) is 5.56. The standard InChI is InChI=1S/C19H16F5N5O4/c20-12-2-1-10(3-11(12)18-8-31-6-17(18,21)7-33-16(25)29-18)28-15(30)13-4-27-14(5-26-13)32-9-19(22,23)24/h1-5H,6-9H2,(H2,25,29)(H,28,30)/t17-,18-/m1/s1. The molecule has 0 spiro atoms. The largest absolute Gasteiger partial charge is 0.467 e. The number of nitrogens with two attached hydrogens (primary N) is 1. The Morgan fingerprint density at radius 3 is 2.70 bits per heavy atom. The van der Waals surface area contributed by atoms with Crippen LogP contribution in [0, 0.1) is 5.82 Å². The molecule has 33 heavy (non-hydrogen) atoms. The summed E-state index contributed by atoms with van der Waals surface area (Å²) in [7, 11) is 0. The molecule has 2 aliphatic rings. The molecule has 14 heteroatoms. The Morgan fingerprint density at radius 2 is 2.00 bits per heavy atom. The van der Waals surface area contributed by atoms with Crippen LogP contribution in [0.2, 0.25) is 0 Å². The molecule has 1 fully saturated rings. The molecule has 0 saturated carbocycles. The van der Waals surface area contributed by atoms with E-state index < -0.39 is 54.8 Å². The van der Waals surface area contributed by atoms with E-state index in [9.17, 15) is 22.4 Å². The third-order valence-corrected chi connectivity index (χ3v) is 5.05. The van der Waals surface area contributed by atoms with Gasteiger partial charge in [-0.2, -0.15) is 13.2 Å². The lowest BCUT2D eigenvalue weighted by atomic mass is 9.78. The van der Waals surface area contributed by atoms with Crippen LogP contribution in [0.3, 0.4) is 0 Å². The molecule has 0 radical (unpaired) electrons. The molecule has 9 nitrogen and oxygen atoms in total. The van der Waals surface area contributed by atoms with Gasteiger partial charge in [0, 0.05) is 11.3 Å². The predicted molar refractivity (Wildman–Crippen MR) is 102 cm³/mol. The van der Waals surface area contributed by atoms with Gasteiger partial charge in [-0.15, -0.1) is 0 Å². The van der Waals surface area contributed by atoms with Crippen molar-refractivity contribution >= 4 is 17.6 Å². The number of carbonyl (C=O) groups excluding carboxylic acids is 1. The van der Waals surface area contributed by atoms with Crippen LogP contribution in [-0.2, 0) is 15.0 Å². The molecule has 3 N–H and O–H groups in total. The summed E-state index contributed by atoms with van der Waals surface area (Å²) in [5.41, 5.74) is 1.22. The third kappa shape index (κ3) is 4.37. The van der Waals surface area contributed by atoms with Gasteiger partial charge in [0.05, 0.1) is 25.6 Å². The summed E-state index contributed by atoms with van der Waals surface area (Å²) in [5, 5.41) is 2.44. The number of hydrogen-bond donors (Lipinski definition) is 2. The van der Waals surface area contributed by atoms with Crippen LogP contribution < -0.4 is 15.8 Å². The molecule has 176 valence electrons. The number of halogens is 5. The SMILES string of the molecule is NC1=N[C@@]2(c3cc(NC(=O)c4cnc(OCC(F)(F)F)cn4)ccc3F)COC[C@@]2(F)CO1. The fourth-order valence-corrected chi connectivity index (χ4v) is 3.47. The summed E-state index contributed by atoms with van der Waals surface area (Å²) in [6, 6.07) is 3.10. The van der Waals surface area contributed by atoms with E-state index in [0.29, 0.717) is 0 Å². The highest BCUT2D eigenvalue weighted by Crippen LogP contribution is 2.48. The zero-order chi connectivity index (χ0) is 23.9. The molecular formula is C19H16F5N5O4. The Labute approximate surface area is 182 Å². The van der Waals surface area contributed by atoms with Crippen LogP contribution in [0.5, 0.6) is 5.88 Å². The smallest absolute Gasteiger partial charge is 0.422 e. The summed E-state index contributed by atoms with van der Waals surface area (Å²) < 4.78 is 81.5. The van der Waals surface area contributed by atoms with E-state index in [1.807, 2.05) is 0 Å². The zero-order valence-electron chi connectivity index (χ0n) is 16.7. The van der Waals surface area contributed by atoms with Crippen LogP contribution in [0.25, 0.3) is 0 Å². The van der Waals surface area contributed by atoms with Crippen molar-refractivity contribution in [1.82, 2.24) is 9.97 Å². The first-order valence-corrected chi connectivity index (χ1v) is 9.39. The first-order valence-electron chi connectivity index (χ1n) is 9.39. The molecule has 4 rings (SSSR count). The molecule has 3 heterocycles. The summed E-state index contributed by atoms with van der Waals surface area (Å²) in [6.07, 6.45) is -2.80. The second-order valence-corrected chi connectivity index (χ2v) is 7.35. The number of aliphatic imine (C=N–C) groups is 1. The fourth-order valence-electron chi connectivity index (χ4n) is 3.47. The molecule has 2 aliphatic heterocycles. The molecule has 1 amide bonds. The number of alkyl halides is 4. The van der Waals surface area contributed by atoms with Gasteiger partial charge in [-0.3, -0.25) is 4.79 Å². The average Bonchev–Trinajstić information content (AvgIpc) is 3.10. The van der Waals surface area contributed by atoms with E-state index in [4.69, 9.17) is 15.2 Å². The van der Waals surface area contributed by atoms with Crippen LogP contribution in [0.1, 0.15) is 16.1 Å². The minimum Gasteiger partial charge on any atom is -0.467 e. The summed E-state index contributed by atoms with van der Waals surface area (Å²) in [4.78, 5) is 23.8. The number of carbonyl (C=O) groups is 1. The number of aromatic nitrogens is 2. The molecule has 2 aromatic rings. The topological polar surface area (TPSA) is 121 Å². The molecule has 1 aromatic heterocycles. The Balaban J connectivity index is 1.55. The first-order chi connectivity index (χ1) is 15.5. The number of anilines is 1. The maximum atomic E-state index is 15.5. The number of ether oxygens (including phenoxy) is 3. The van der Waals surface area contributed by atoms with Crippen molar-refractivity contribution in [3.63, 3.8) is 0 Å². The second-order valence-electron chi connectivity index (χ2n) is 7.35. The predicted octanol–water partition coefficient (Wildman–Crippen LogP) is 2.09. The van der Waals surface area contributed by atoms with Crippen molar-refractivity contribution in [3.05, 3.63) is 47.7 Å². The zero-order valence-corrected chi connectivity index (χ0v) is 16.7. The van der Waals surface area contributed by atoms with Crippen molar-refractivity contribution in [2.45, 2.75) is 17.4 Å². The van der Waals surface area contributed by atoms with Crippen molar-refractivity contribution in [2.24, 2.45) is 10.7 Å². The van der Waals surface area contributed by atoms with Crippen molar-refractivity contribution in [2.75, 3.05) is 31.7 Å². The van der Waals surface area contributed by atoms with E-state index in [1.54, 1.807) is 0 Å². The van der Waals surface area contributed by atoms with Crippen LogP contribution in [-0.4, -0.2) is 60.2 Å².